The number of nitrogens with one attached hydrogen (secondary N) is 1. The third kappa shape index (κ3) is 5.36. The molecule has 0 fully saturated rings. The highest BCUT2D eigenvalue weighted by molar-refractivity contribution is 5.84. The minimum atomic E-state index is -0.853. The maximum absolute atomic E-state index is 10.8. The molecule has 14 heavy (non-hydrogen) atoms. The zero-order valence-electron chi connectivity index (χ0n) is 8.53. The summed E-state index contributed by atoms with van der Waals surface area (Å²) in [4.78, 5) is 10.8. The predicted molar refractivity (Wildman–Crippen MR) is 54.1 cm³/mol. The molecule has 0 aromatic heterocycles. The second-order valence-electron chi connectivity index (χ2n) is 3.60. The van der Waals surface area contributed by atoms with Crippen molar-refractivity contribution in [2.75, 3.05) is 0 Å². The van der Waals surface area contributed by atoms with E-state index in [9.17, 15) is 4.79 Å². The lowest BCUT2D eigenvalue weighted by Gasteiger charge is -2.13. The van der Waals surface area contributed by atoms with Gasteiger partial charge in [-0.05, 0) is 12.3 Å². The van der Waals surface area contributed by atoms with Crippen LogP contribution in [0.4, 0.5) is 0 Å². The lowest BCUT2D eigenvalue weighted by atomic mass is 9.94. The number of hydrazone groups is 1. The average Bonchev–Trinajstić information content (AvgIpc) is 2.02. The lowest BCUT2D eigenvalue weighted by Crippen LogP contribution is -2.27. The number of aliphatic carboxylic acids is 1. The summed E-state index contributed by atoms with van der Waals surface area (Å²) in [6, 6.07) is 0. The summed E-state index contributed by atoms with van der Waals surface area (Å²) in [5.41, 5.74) is 7.48. The van der Waals surface area contributed by atoms with Gasteiger partial charge in [-0.2, -0.15) is 5.10 Å². The van der Waals surface area contributed by atoms with Crippen LogP contribution in [0.1, 0.15) is 26.7 Å². The van der Waals surface area contributed by atoms with E-state index in [0.717, 1.165) is 0 Å². The number of carboxylic acids is 1. The van der Waals surface area contributed by atoms with Gasteiger partial charge >= 0.3 is 5.97 Å². The summed E-state index contributed by atoms with van der Waals surface area (Å²) in [5, 5.41) is 12.4. The van der Waals surface area contributed by atoms with E-state index in [4.69, 9.17) is 16.7 Å². The highest BCUT2D eigenvalue weighted by atomic mass is 16.4. The van der Waals surface area contributed by atoms with Gasteiger partial charge in [0.05, 0.1) is 5.92 Å². The number of hydrazine groups is 1. The molecule has 0 heterocycles. The van der Waals surface area contributed by atoms with Crippen LogP contribution in [0.5, 0.6) is 0 Å². The molecule has 6 heteroatoms. The molecule has 6 N–H and O–H groups in total. The number of hydrogen-bond acceptors (Lipinski definition) is 4. The van der Waals surface area contributed by atoms with Gasteiger partial charge < -0.3 is 10.8 Å². The van der Waals surface area contributed by atoms with Crippen LogP contribution in [-0.2, 0) is 4.79 Å². The van der Waals surface area contributed by atoms with Crippen LogP contribution in [0.25, 0.3) is 0 Å². The Kier molecular flexibility index (Phi) is 5.62. The number of rotatable bonds is 6. The Labute approximate surface area is 83.3 Å². The van der Waals surface area contributed by atoms with Crippen molar-refractivity contribution >= 4 is 11.8 Å². The molecule has 0 aliphatic carbocycles. The quantitative estimate of drug-likeness (QED) is 0.207. The first-order valence-corrected chi connectivity index (χ1v) is 4.47. The molecule has 0 spiro atoms. The van der Waals surface area contributed by atoms with E-state index in [2.05, 4.69) is 5.10 Å². The van der Waals surface area contributed by atoms with Crippen LogP contribution in [-0.4, -0.2) is 16.9 Å². The molecule has 0 bridgehead atoms. The van der Waals surface area contributed by atoms with Gasteiger partial charge in [0.25, 0.3) is 0 Å². The molecule has 1 atom stereocenters. The van der Waals surface area contributed by atoms with Gasteiger partial charge in [0.1, 0.15) is 5.84 Å². The zero-order valence-corrected chi connectivity index (χ0v) is 8.53. The van der Waals surface area contributed by atoms with Crippen molar-refractivity contribution < 1.29 is 9.90 Å². The summed E-state index contributed by atoms with van der Waals surface area (Å²) in [6.45, 7) is 3.93. The van der Waals surface area contributed by atoms with Crippen molar-refractivity contribution in [3.05, 3.63) is 0 Å². The molecule has 0 saturated carbocycles. The Balaban J connectivity index is 4.23. The second kappa shape index (κ2) is 6.20. The highest BCUT2D eigenvalue weighted by Crippen LogP contribution is 2.15. The molecule has 0 aliphatic rings. The van der Waals surface area contributed by atoms with Crippen molar-refractivity contribution in [1.29, 1.82) is 0 Å². The molecule has 82 valence electrons. The smallest absolute Gasteiger partial charge is 0.306 e. The monoisotopic (exact) mass is 202 g/mol. The van der Waals surface area contributed by atoms with E-state index in [1.165, 1.54) is 0 Å². The predicted octanol–water partition coefficient (Wildman–Crippen LogP) is -0.141. The standard InChI is InChI=1S/C8H18N4O2/c1-5(2)3-6(8(13)14)4-7(9)11-12-10/h5-6,12H,3-4,10H2,1-2H3,(H2,9,11)(H,13,14)/t6-/m0/s1. The van der Waals surface area contributed by atoms with Gasteiger partial charge in [-0.3, -0.25) is 4.79 Å². The molecule has 0 aromatic rings. The molecule has 0 rings (SSSR count). The minimum absolute atomic E-state index is 0.209. The number of nitrogens with two attached hydrogens (primary N) is 2. The molecule has 0 amide bonds. The van der Waals surface area contributed by atoms with E-state index in [0.29, 0.717) is 12.3 Å². The fourth-order valence-corrected chi connectivity index (χ4v) is 1.22. The van der Waals surface area contributed by atoms with Crippen molar-refractivity contribution in [1.82, 2.24) is 5.53 Å². The van der Waals surface area contributed by atoms with E-state index < -0.39 is 11.9 Å². The normalized spacial score (nSPS) is 14.1. The first-order chi connectivity index (χ1) is 6.47. The fourth-order valence-electron chi connectivity index (χ4n) is 1.22. The number of amidine groups is 1. The van der Waals surface area contributed by atoms with E-state index >= 15 is 0 Å². The number of hydrogen-bond donors (Lipinski definition) is 4. The third-order valence-corrected chi connectivity index (χ3v) is 1.77. The summed E-state index contributed by atoms with van der Waals surface area (Å²) >= 11 is 0. The van der Waals surface area contributed by atoms with Crippen LogP contribution >= 0.6 is 0 Å². The van der Waals surface area contributed by atoms with Gasteiger partial charge in [0, 0.05) is 6.42 Å². The molecular weight excluding hydrogens is 184 g/mol. The molecule has 6 nitrogen and oxygen atoms in total. The average molecular weight is 202 g/mol. The van der Waals surface area contributed by atoms with Gasteiger partial charge in [0.2, 0.25) is 0 Å². The molecule has 0 aromatic carbocycles. The maximum Gasteiger partial charge on any atom is 0.306 e. The number of nitrogens with zero attached hydrogens (tertiary/aromatic N) is 1. The molecule has 0 aliphatic heterocycles. The van der Waals surface area contributed by atoms with Crippen molar-refractivity contribution in [3.8, 4) is 0 Å². The summed E-state index contributed by atoms with van der Waals surface area (Å²) in [6.07, 6.45) is 0.799. The Morgan fingerprint density at radius 2 is 2.14 bits per heavy atom. The highest BCUT2D eigenvalue weighted by Gasteiger charge is 2.20. The lowest BCUT2D eigenvalue weighted by molar-refractivity contribution is -0.142. The number of carboxylic acid groups (broad SMARTS) is 1. The molecule has 0 radical (unpaired) electrons. The van der Waals surface area contributed by atoms with Crippen LogP contribution in [0.2, 0.25) is 0 Å². The molecular formula is C8H18N4O2. The zero-order chi connectivity index (χ0) is 11.1. The summed E-state index contributed by atoms with van der Waals surface area (Å²) in [5.74, 6) is 4.09. The van der Waals surface area contributed by atoms with Gasteiger partial charge in [-0.25, -0.2) is 11.4 Å². The Morgan fingerprint density at radius 3 is 2.50 bits per heavy atom. The molecule has 0 saturated heterocycles. The maximum atomic E-state index is 10.8. The van der Waals surface area contributed by atoms with Crippen LogP contribution in [0.3, 0.4) is 0 Å². The fraction of sp³-hybridized carbons (Fsp3) is 0.750. The Morgan fingerprint density at radius 1 is 1.57 bits per heavy atom. The van der Waals surface area contributed by atoms with Crippen LogP contribution in [0.15, 0.2) is 5.10 Å². The van der Waals surface area contributed by atoms with Crippen molar-refractivity contribution in [2.45, 2.75) is 26.7 Å². The van der Waals surface area contributed by atoms with E-state index in [-0.39, 0.29) is 12.3 Å². The Hall–Kier alpha value is -1.30. The largest absolute Gasteiger partial charge is 0.481 e. The number of carbonyl (C=O) groups is 1. The minimum Gasteiger partial charge on any atom is -0.481 e. The first kappa shape index (κ1) is 12.7. The van der Waals surface area contributed by atoms with Crippen molar-refractivity contribution in [2.24, 2.45) is 28.5 Å². The summed E-state index contributed by atoms with van der Waals surface area (Å²) < 4.78 is 0. The SMILES string of the molecule is CC(C)C[C@@H](C/C(N)=N/NN)C(=O)O. The van der Waals surface area contributed by atoms with Gasteiger partial charge in [-0.1, -0.05) is 13.8 Å². The second-order valence-corrected chi connectivity index (χ2v) is 3.60. The van der Waals surface area contributed by atoms with Crippen LogP contribution < -0.4 is 17.1 Å². The molecule has 0 unspecified atom stereocenters. The third-order valence-electron chi connectivity index (χ3n) is 1.77. The first-order valence-electron chi connectivity index (χ1n) is 4.47. The van der Waals surface area contributed by atoms with E-state index in [1.807, 2.05) is 19.4 Å². The Bertz CT molecular complexity index is 215. The van der Waals surface area contributed by atoms with Crippen LogP contribution in [0, 0.1) is 11.8 Å². The van der Waals surface area contributed by atoms with E-state index in [1.54, 1.807) is 0 Å². The summed E-state index contributed by atoms with van der Waals surface area (Å²) in [7, 11) is 0. The topological polar surface area (TPSA) is 114 Å². The van der Waals surface area contributed by atoms with Gasteiger partial charge in [-0.15, -0.1) is 0 Å². The van der Waals surface area contributed by atoms with Crippen molar-refractivity contribution in [3.63, 3.8) is 0 Å². The van der Waals surface area contributed by atoms with Gasteiger partial charge in [0.15, 0.2) is 0 Å².